The number of hydrogen-bond acceptors (Lipinski definition) is 8. The molecule has 4 heterocycles. The van der Waals surface area contributed by atoms with Crippen LogP contribution in [0, 0.1) is 5.92 Å². The second-order valence-electron chi connectivity index (χ2n) is 6.61. The first-order valence-corrected chi connectivity index (χ1v) is 9.57. The van der Waals surface area contributed by atoms with Gasteiger partial charge in [-0.05, 0) is 38.3 Å². The molecule has 12 heteroatoms. The maximum atomic E-state index is 12.4. The predicted octanol–water partition coefficient (Wildman–Crippen LogP) is -0.103. The Bertz CT molecular complexity index is 763. The van der Waals surface area contributed by atoms with Crippen molar-refractivity contribution < 1.29 is 26.5 Å². The molecule has 11 nitrogen and oxygen atoms in total. The van der Waals surface area contributed by atoms with Gasteiger partial charge in [-0.25, -0.2) is 4.79 Å². The summed E-state index contributed by atoms with van der Waals surface area (Å²) in [6.07, 6.45) is 2.73. The number of fused-ring (bicyclic) bond motifs is 2. The molecule has 3 fully saturated rings. The molecule has 0 aliphatic carbocycles. The van der Waals surface area contributed by atoms with Crippen molar-refractivity contribution in [2.45, 2.75) is 37.8 Å². The third-order valence-electron chi connectivity index (χ3n) is 4.90. The Labute approximate surface area is 144 Å². The highest BCUT2D eigenvalue weighted by Crippen LogP contribution is 2.38. The van der Waals surface area contributed by atoms with E-state index in [1.54, 1.807) is 0 Å². The molecule has 0 aromatic carbocycles. The fraction of sp³-hybridized carbons (Fsp3) is 0.769. The number of carbonyl (C=O) groups excluding carboxylic acids is 1. The van der Waals surface area contributed by atoms with Crippen molar-refractivity contribution in [2.24, 2.45) is 5.92 Å². The van der Waals surface area contributed by atoms with Crippen LogP contribution in [0.2, 0.25) is 0 Å². The minimum Gasteiger partial charge on any atom is -0.423 e. The Kier molecular flexibility index (Phi) is 4.14. The number of carbonyl (C=O) groups is 1. The summed E-state index contributed by atoms with van der Waals surface area (Å²) in [5.74, 6) is 1.53. The number of nitrogens with one attached hydrogen (secondary N) is 1. The Hall–Kier alpha value is -1.76. The van der Waals surface area contributed by atoms with Crippen molar-refractivity contribution in [1.29, 1.82) is 0 Å². The molecule has 3 aliphatic rings. The third-order valence-corrected chi connectivity index (χ3v) is 5.25. The highest BCUT2D eigenvalue weighted by molar-refractivity contribution is 7.80. The molecular weight excluding hydrogens is 354 g/mol. The zero-order valence-electron chi connectivity index (χ0n) is 13.4. The molecule has 2 amide bonds. The number of urea groups is 1. The van der Waals surface area contributed by atoms with Gasteiger partial charge in [0.1, 0.15) is 6.04 Å². The average molecular weight is 373 g/mol. The van der Waals surface area contributed by atoms with Gasteiger partial charge in [0.2, 0.25) is 11.8 Å². The lowest BCUT2D eigenvalue weighted by atomic mass is 9.98. The van der Waals surface area contributed by atoms with E-state index < -0.39 is 28.5 Å². The molecule has 2 bridgehead atoms. The Morgan fingerprint density at radius 1 is 1.32 bits per heavy atom. The zero-order chi connectivity index (χ0) is 17.6. The van der Waals surface area contributed by atoms with Gasteiger partial charge in [0.15, 0.2) is 0 Å². The SMILES string of the molecule is O=C1N2CC(CCC2c2nnc(CCC3CNC3)o2)N1OS(=O)(=O)O. The summed E-state index contributed by atoms with van der Waals surface area (Å²) in [5, 5.41) is 12.0. The normalized spacial score (nSPS) is 27.0. The predicted molar refractivity (Wildman–Crippen MR) is 81.3 cm³/mol. The van der Waals surface area contributed by atoms with Crippen LogP contribution in [-0.4, -0.2) is 64.8 Å². The van der Waals surface area contributed by atoms with Gasteiger partial charge >= 0.3 is 16.4 Å². The number of aromatic nitrogens is 2. The number of hydrogen-bond donors (Lipinski definition) is 2. The van der Waals surface area contributed by atoms with E-state index in [0.29, 0.717) is 42.0 Å². The summed E-state index contributed by atoms with van der Waals surface area (Å²) in [4.78, 5) is 13.8. The second kappa shape index (κ2) is 6.20. The number of aryl methyl sites for hydroxylation is 1. The van der Waals surface area contributed by atoms with Gasteiger partial charge in [0.05, 0.1) is 6.04 Å². The molecule has 25 heavy (non-hydrogen) atoms. The van der Waals surface area contributed by atoms with Crippen molar-refractivity contribution in [2.75, 3.05) is 19.6 Å². The number of rotatable bonds is 6. The van der Waals surface area contributed by atoms with E-state index in [4.69, 9.17) is 8.97 Å². The van der Waals surface area contributed by atoms with Crippen LogP contribution in [-0.2, 0) is 21.1 Å². The highest BCUT2D eigenvalue weighted by atomic mass is 32.3. The van der Waals surface area contributed by atoms with Crippen molar-refractivity contribution in [3.8, 4) is 0 Å². The van der Waals surface area contributed by atoms with Crippen LogP contribution in [0.4, 0.5) is 4.79 Å². The van der Waals surface area contributed by atoms with Crippen LogP contribution < -0.4 is 5.32 Å². The lowest BCUT2D eigenvalue weighted by molar-refractivity contribution is -0.0317. The molecule has 3 saturated heterocycles. The monoisotopic (exact) mass is 373 g/mol. The molecule has 1 aromatic rings. The smallest absolute Gasteiger partial charge is 0.418 e. The number of hydroxylamine groups is 2. The summed E-state index contributed by atoms with van der Waals surface area (Å²) in [5.41, 5.74) is 0. The highest BCUT2D eigenvalue weighted by Gasteiger charge is 2.49. The van der Waals surface area contributed by atoms with Crippen LogP contribution in [0.5, 0.6) is 0 Å². The second-order valence-corrected chi connectivity index (χ2v) is 7.61. The van der Waals surface area contributed by atoms with E-state index >= 15 is 0 Å². The summed E-state index contributed by atoms with van der Waals surface area (Å²) in [6, 6.07) is -1.48. The van der Waals surface area contributed by atoms with Crippen molar-refractivity contribution in [3.05, 3.63) is 11.8 Å². The lowest BCUT2D eigenvalue weighted by Crippen LogP contribution is -2.42. The van der Waals surface area contributed by atoms with Gasteiger partial charge in [-0.2, -0.15) is 13.5 Å². The van der Waals surface area contributed by atoms with Gasteiger partial charge in [0.25, 0.3) is 0 Å². The Morgan fingerprint density at radius 3 is 2.80 bits per heavy atom. The topological polar surface area (TPSA) is 138 Å². The van der Waals surface area contributed by atoms with Crippen molar-refractivity contribution in [3.63, 3.8) is 0 Å². The van der Waals surface area contributed by atoms with Crippen LogP contribution in [0.1, 0.15) is 37.1 Å². The van der Waals surface area contributed by atoms with Gasteiger partial charge in [-0.15, -0.1) is 14.5 Å². The maximum Gasteiger partial charge on any atom is 0.418 e. The Balaban J connectivity index is 1.43. The first-order valence-electron chi connectivity index (χ1n) is 8.20. The van der Waals surface area contributed by atoms with Crippen molar-refractivity contribution >= 4 is 16.4 Å². The first-order chi connectivity index (χ1) is 11.9. The average Bonchev–Trinajstić information content (AvgIpc) is 3.05. The van der Waals surface area contributed by atoms with Gasteiger partial charge in [-0.3, -0.25) is 4.55 Å². The van der Waals surface area contributed by atoms with E-state index in [1.807, 2.05) is 0 Å². The quantitative estimate of drug-likeness (QED) is 0.654. The molecular formula is C13H19N5O6S. The van der Waals surface area contributed by atoms with E-state index in [0.717, 1.165) is 19.5 Å². The van der Waals surface area contributed by atoms with E-state index in [1.165, 1.54) is 4.90 Å². The molecule has 2 N–H and O–H groups in total. The standard InChI is InChI=1S/C13H19N5O6S/c19-13-17-7-9(18(13)24-25(20,21)22)2-3-10(17)12-16-15-11(23-12)4-1-8-5-14-6-8/h8-10,14H,1-7H2,(H,20,21,22). The molecule has 2 unspecified atom stereocenters. The lowest BCUT2D eigenvalue weighted by Gasteiger charge is -2.27. The number of nitrogens with zero attached hydrogens (tertiary/aromatic N) is 4. The molecule has 138 valence electrons. The summed E-state index contributed by atoms with van der Waals surface area (Å²) >= 11 is 0. The van der Waals surface area contributed by atoms with Gasteiger partial charge in [-0.1, -0.05) is 0 Å². The molecule has 0 saturated carbocycles. The molecule has 4 rings (SSSR count). The minimum atomic E-state index is -4.75. The largest absolute Gasteiger partial charge is 0.423 e. The van der Waals surface area contributed by atoms with E-state index in [2.05, 4.69) is 19.8 Å². The summed E-state index contributed by atoms with van der Waals surface area (Å²) < 4.78 is 40.7. The third kappa shape index (κ3) is 3.34. The van der Waals surface area contributed by atoms with Crippen LogP contribution in [0.25, 0.3) is 0 Å². The van der Waals surface area contributed by atoms with Crippen LogP contribution in [0.3, 0.4) is 0 Å². The first kappa shape index (κ1) is 16.7. The molecule has 0 radical (unpaired) electrons. The van der Waals surface area contributed by atoms with Crippen LogP contribution in [0.15, 0.2) is 4.42 Å². The van der Waals surface area contributed by atoms with Gasteiger partial charge < -0.3 is 14.6 Å². The minimum absolute atomic E-state index is 0.282. The maximum absolute atomic E-state index is 12.4. The zero-order valence-corrected chi connectivity index (χ0v) is 14.2. The van der Waals surface area contributed by atoms with E-state index in [-0.39, 0.29) is 6.54 Å². The van der Waals surface area contributed by atoms with E-state index in [9.17, 15) is 13.2 Å². The fourth-order valence-corrected chi connectivity index (χ4v) is 3.86. The molecule has 0 spiro atoms. The summed E-state index contributed by atoms with van der Waals surface area (Å²) in [7, 11) is -4.75. The van der Waals surface area contributed by atoms with Crippen molar-refractivity contribution in [1.82, 2.24) is 25.5 Å². The number of amides is 2. The molecule has 3 aliphatic heterocycles. The molecule has 1 aromatic heterocycles. The number of piperidine rings is 1. The van der Waals surface area contributed by atoms with Crippen LogP contribution >= 0.6 is 0 Å². The van der Waals surface area contributed by atoms with Gasteiger partial charge in [0, 0.05) is 13.0 Å². The molecule has 2 atom stereocenters. The fourth-order valence-electron chi connectivity index (χ4n) is 3.47. The summed E-state index contributed by atoms with van der Waals surface area (Å²) in [6.45, 7) is 2.30. The Morgan fingerprint density at radius 2 is 2.12 bits per heavy atom.